The summed E-state index contributed by atoms with van der Waals surface area (Å²) in [5.41, 5.74) is 0.0944. The highest BCUT2D eigenvalue weighted by atomic mass is 16.3. The Bertz CT molecular complexity index is 935. The summed E-state index contributed by atoms with van der Waals surface area (Å²) in [6.07, 6.45) is 8.68. The number of hydrogen-bond acceptors (Lipinski definition) is 6. The first-order chi connectivity index (χ1) is 13.1. The van der Waals surface area contributed by atoms with Gasteiger partial charge in [-0.05, 0) is 25.0 Å². The molecule has 0 aromatic carbocycles. The van der Waals surface area contributed by atoms with Crippen molar-refractivity contribution in [2.45, 2.75) is 25.3 Å². The third-order valence-electron chi connectivity index (χ3n) is 4.94. The Morgan fingerprint density at radius 3 is 3.00 bits per heavy atom. The molecule has 3 aromatic heterocycles. The van der Waals surface area contributed by atoms with Gasteiger partial charge in [-0.15, -0.1) is 10.2 Å². The first-order valence-electron chi connectivity index (χ1n) is 8.90. The van der Waals surface area contributed by atoms with Crippen LogP contribution in [0.1, 0.15) is 40.9 Å². The Kier molecular flexibility index (Phi) is 4.57. The van der Waals surface area contributed by atoms with Gasteiger partial charge in [-0.25, -0.2) is 9.97 Å². The van der Waals surface area contributed by atoms with Crippen LogP contribution in [0, 0.1) is 0 Å². The van der Waals surface area contributed by atoms with E-state index in [2.05, 4.69) is 20.2 Å². The molecule has 140 valence electrons. The number of aromatic nitrogens is 6. The lowest BCUT2D eigenvalue weighted by molar-refractivity contribution is 0.0694. The molecule has 1 saturated heterocycles. The van der Waals surface area contributed by atoms with Crippen LogP contribution in [0.25, 0.3) is 0 Å². The van der Waals surface area contributed by atoms with Gasteiger partial charge in [0.25, 0.3) is 5.91 Å². The molecule has 1 amide bonds. The van der Waals surface area contributed by atoms with E-state index in [1.54, 1.807) is 23.5 Å². The predicted molar refractivity (Wildman–Crippen MR) is 96.1 cm³/mol. The Morgan fingerprint density at radius 2 is 2.22 bits per heavy atom. The minimum Gasteiger partial charge on any atom is -0.505 e. The van der Waals surface area contributed by atoms with Crippen molar-refractivity contribution in [3.8, 4) is 5.75 Å². The van der Waals surface area contributed by atoms with Crippen molar-refractivity contribution in [2.75, 3.05) is 13.1 Å². The van der Waals surface area contributed by atoms with Gasteiger partial charge in [-0.2, -0.15) is 0 Å². The van der Waals surface area contributed by atoms with E-state index in [9.17, 15) is 9.90 Å². The van der Waals surface area contributed by atoms with Crippen LogP contribution < -0.4 is 0 Å². The van der Waals surface area contributed by atoms with Crippen LogP contribution in [0.3, 0.4) is 0 Å². The number of aromatic hydroxyl groups is 1. The second-order valence-electron chi connectivity index (χ2n) is 6.73. The first-order valence-corrected chi connectivity index (χ1v) is 8.90. The van der Waals surface area contributed by atoms with Gasteiger partial charge in [-0.1, -0.05) is 0 Å². The molecule has 1 aliphatic rings. The molecule has 1 aliphatic heterocycles. The molecule has 0 radical (unpaired) electrons. The lowest BCUT2D eigenvalue weighted by Crippen LogP contribution is -2.40. The Morgan fingerprint density at radius 1 is 1.33 bits per heavy atom. The molecule has 9 nitrogen and oxygen atoms in total. The molecule has 0 saturated carbocycles. The number of hydrogen-bond donors (Lipinski definition) is 1. The minimum absolute atomic E-state index is 0.0918. The Labute approximate surface area is 156 Å². The summed E-state index contributed by atoms with van der Waals surface area (Å²) in [6.45, 7) is 1.78. The van der Waals surface area contributed by atoms with Crippen molar-refractivity contribution in [3.05, 3.63) is 54.4 Å². The summed E-state index contributed by atoms with van der Waals surface area (Å²) >= 11 is 0. The monoisotopic (exact) mass is 367 g/mol. The Hall–Kier alpha value is -3.23. The van der Waals surface area contributed by atoms with Crippen molar-refractivity contribution in [1.82, 2.24) is 34.2 Å². The number of piperidine rings is 1. The van der Waals surface area contributed by atoms with E-state index in [1.165, 1.54) is 12.3 Å². The van der Waals surface area contributed by atoms with E-state index in [0.29, 0.717) is 19.6 Å². The fourth-order valence-electron chi connectivity index (χ4n) is 3.50. The van der Waals surface area contributed by atoms with Crippen LogP contribution >= 0.6 is 0 Å². The van der Waals surface area contributed by atoms with Crippen LogP contribution in [0.4, 0.5) is 0 Å². The van der Waals surface area contributed by atoms with Crippen LogP contribution in [0.2, 0.25) is 0 Å². The lowest BCUT2D eigenvalue weighted by atomic mass is 9.96. The van der Waals surface area contributed by atoms with E-state index in [4.69, 9.17) is 0 Å². The molecule has 0 spiro atoms. The fraction of sp³-hybridized carbons (Fsp3) is 0.389. The topological polar surface area (TPSA) is 102 Å². The maximum Gasteiger partial charge on any atom is 0.276 e. The smallest absolute Gasteiger partial charge is 0.276 e. The molecule has 1 atom stereocenters. The van der Waals surface area contributed by atoms with E-state index in [0.717, 1.165) is 24.5 Å². The van der Waals surface area contributed by atoms with Gasteiger partial charge in [0.05, 0.1) is 12.9 Å². The lowest BCUT2D eigenvalue weighted by Gasteiger charge is -2.32. The number of carbonyl (C=O) groups is 1. The summed E-state index contributed by atoms with van der Waals surface area (Å²) in [5, 5.41) is 18.6. The van der Waals surface area contributed by atoms with Crippen molar-refractivity contribution in [1.29, 1.82) is 0 Å². The second kappa shape index (κ2) is 7.18. The minimum atomic E-state index is -0.251. The van der Waals surface area contributed by atoms with Gasteiger partial charge in [0.1, 0.15) is 11.6 Å². The number of carbonyl (C=O) groups excluding carboxylic acids is 1. The highest BCUT2D eigenvalue weighted by Crippen LogP contribution is 2.27. The number of imidazole rings is 1. The normalized spacial score (nSPS) is 17.2. The van der Waals surface area contributed by atoms with Crippen molar-refractivity contribution >= 4 is 5.91 Å². The predicted octanol–water partition coefficient (Wildman–Crippen LogP) is 1.18. The zero-order valence-electron chi connectivity index (χ0n) is 15.1. The molecule has 9 heteroatoms. The van der Waals surface area contributed by atoms with Crippen molar-refractivity contribution in [3.63, 3.8) is 0 Å². The van der Waals surface area contributed by atoms with E-state index < -0.39 is 0 Å². The number of likely N-dealkylation sites (tertiary alicyclic amines) is 1. The second-order valence-corrected chi connectivity index (χ2v) is 6.73. The number of nitrogens with zero attached hydrogens (tertiary/aromatic N) is 7. The van der Waals surface area contributed by atoms with Crippen LogP contribution in [0.15, 0.2) is 37.1 Å². The standard InChI is InChI=1S/C18H21N7O2/c1-23-15(11-24-9-7-19-12-24)21-22-17(23)13-4-3-8-25(10-13)18(27)16-14(26)5-2-6-20-16/h2,5-7,9,12-13,26H,3-4,8,10-11H2,1H3. The first kappa shape index (κ1) is 17.2. The van der Waals surface area contributed by atoms with Gasteiger partial charge < -0.3 is 19.1 Å². The number of rotatable bonds is 4. The molecule has 1 N–H and O–H groups in total. The van der Waals surface area contributed by atoms with E-state index >= 15 is 0 Å². The van der Waals surface area contributed by atoms with Crippen molar-refractivity contribution < 1.29 is 9.90 Å². The molecule has 4 rings (SSSR count). The largest absolute Gasteiger partial charge is 0.505 e. The summed E-state index contributed by atoms with van der Waals surface area (Å²) in [6, 6.07) is 3.08. The fourth-order valence-corrected chi connectivity index (χ4v) is 3.50. The van der Waals surface area contributed by atoms with Crippen LogP contribution in [0.5, 0.6) is 5.75 Å². The average Bonchev–Trinajstić information content (AvgIpc) is 3.32. The van der Waals surface area contributed by atoms with Crippen molar-refractivity contribution in [2.24, 2.45) is 7.05 Å². The molecule has 3 aromatic rings. The Balaban J connectivity index is 1.51. The summed E-state index contributed by atoms with van der Waals surface area (Å²) in [4.78, 5) is 22.6. The molecule has 27 heavy (non-hydrogen) atoms. The van der Waals surface area contributed by atoms with E-state index in [-0.39, 0.29) is 23.3 Å². The maximum atomic E-state index is 12.7. The maximum absolute atomic E-state index is 12.7. The SMILES string of the molecule is Cn1c(Cn2ccnc2)nnc1C1CCCN(C(=O)c2ncccc2O)C1. The molecular formula is C18H21N7O2. The number of amides is 1. The van der Waals surface area contributed by atoms with Gasteiger partial charge >= 0.3 is 0 Å². The molecule has 0 aliphatic carbocycles. The van der Waals surface area contributed by atoms with Crippen LogP contribution in [-0.4, -0.2) is 58.3 Å². The molecule has 1 fully saturated rings. The number of pyridine rings is 1. The third kappa shape index (κ3) is 3.40. The zero-order valence-corrected chi connectivity index (χ0v) is 15.1. The quantitative estimate of drug-likeness (QED) is 0.743. The molecule has 0 bridgehead atoms. The van der Waals surface area contributed by atoms with Gasteiger partial charge in [0, 0.05) is 44.6 Å². The zero-order chi connectivity index (χ0) is 18.8. The highest BCUT2D eigenvalue weighted by Gasteiger charge is 2.30. The molecular weight excluding hydrogens is 346 g/mol. The molecule has 4 heterocycles. The highest BCUT2D eigenvalue weighted by molar-refractivity contribution is 5.94. The van der Waals surface area contributed by atoms with Gasteiger partial charge in [-0.3, -0.25) is 4.79 Å². The van der Waals surface area contributed by atoms with Gasteiger partial charge in [0.2, 0.25) is 0 Å². The van der Waals surface area contributed by atoms with Gasteiger partial charge in [0.15, 0.2) is 11.5 Å². The van der Waals surface area contributed by atoms with E-state index in [1.807, 2.05) is 22.4 Å². The van der Waals surface area contributed by atoms with Crippen LogP contribution in [-0.2, 0) is 13.6 Å². The summed E-state index contributed by atoms with van der Waals surface area (Å²) in [7, 11) is 1.95. The summed E-state index contributed by atoms with van der Waals surface area (Å²) in [5.74, 6) is 1.47. The summed E-state index contributed by atoms with van der Waals surface area (Å²) < 4.78 is 3.94. The molecule has 1 unspecified atom stereocenters. The average molecular weight is 367 g/mol. The third-order valence-corrected chi connectivity index (χ3v) is 4.94.